The van der Waals surface area contributed by atoms with Crippen LogP contribution in [0.4, 0.5) is 5.69 Å². The summed E-state index contributed by atoms with van der Waals surface area (Å²) in [6.45, 7) is 0. The Morgan fingerprint density at radius 2 is 2.15 bits per heavy atom. The number of carbonyl (C=O) groups excluding carboxylic acids is 1. The summed E-state index contributed by atoms with van der Waals surface area (Å²) in [6.07, 6.45) is 1.88. The first-order valence-corrected chi connectivity index (χ1v) is 4.72. The Morgan fingerprint density at radius 3 is 2.85 bits per heavy atom. The molecule has 0 radical (unpaired) electrons. The normalized spacial score (nSPS) is 21.5. The fraction of sp³-hybridized carbons (Fsp3) is 0.300. The first-order valence-electron chi connectivity index (χ1n) is 4.34. The average Bonchev–Trinajstić information content (AvgIpc) is 2.79. The number of halogens is 1. The van der Waals surface area contributed by atoms with Gasteiger partial charge in [0.25, 0.3) is 0 Å². The molecule has 1 heterocycles. The van der Waals surface area contributed by atoms with E-state index in [0.29, 0.717) is 5.02 Å². The van der Waals surface area contributed by atoms with Crippen molar-refractivity contribution in [1.82, 2.24) is 0 Å². The molecule has 1 aromatic carbocycles. The van der Waals surface area contributed by atoms with Crippen molar-refractivity contribution in [3.05, 3.63) is 28.8 Å². The van der Waals surface area contributed by atoms with Gasteiger partial charge in [-0.15, -0.1) is 0 Å². The molecular weight excluding hydrogens is 186 g/mol. The van der Waals surface area contributed by atoms with Crippen LogP contribution in [-0.2, 0) is 10.2 Å². The number of benzene rings is 1. The largest absolute Gasteiger partial charge is 0.325 e. The topological polar surface area (TPSA) is 29.1 Å². The molecule has 0 atom stereocenters. The van der Waals surface area contributed by atoms with Crippen molar-refractivity contribution < 1.29 is 4.79 Å². The molecule has 0 unspecified atom stereocenters. The van der Waals surface area contributed by atoms with Gasteiger partial charge in [0.15, 0.2) is 0 Å². The number of amides is 1. The van der Waals surface area contributed by atoms with Crippen LogP contribution in [0.2, 0.25) is 5.02 Å². The van der Waals surface area contributed by atoms with Crippen LogP contribution in [0.5, 0.6) is 0 Å². The highest BCUT2D eigenvalue weighted by atomic mass is 35.5. The molecule has 0 bridgehead atoms. The van der Waals surface area contributed by atoms with Crippen LogP contribution in [-0.4, -0.2) is 5.91 Å². The molecule has 0 aromatic heterocycles. The summed E-state index contributed by atoms with van der Waals surface area (Å²) in [5, 5.41) is 3.58. The highest BCUT2D eigenvalue weighted by Crippen LogP contribution is 2.57. The lowest BCUT2D eigenvalue weighted by atomic mass is 9.98. The lowest BCUT2D eigenvalue weighted by molar-refractivity contribution is -0.117. The average molecular weight is 194 g/mol. The maximum atomic E-state index is 11.6. The molecule has 2 nitrogen and oxygen atoms in total. The van der Waals surface area contributed by atoms with E-state index in [2.05, 4.69) is 5.32 Å². The second-order valence-electron chi connectivity index (χ2n) is 3.70. The van der Waals surface area contributed by atoms with Crippen molar-refractivity contribution >= 4 is 23.2 Å². The van der Waals surface area contributed by atoms with Crippen molar-refractivity contribution in [2.45, 2.75) is 18.3 Å². The van der Waals surface area contributed by atoms with Crippen LogP contribution in [0.3, 0.4) is 0 Å². The standard InChI is InChI=1S/C10H8ClNO/c11-6-2-1-3-7-8(6)10(4-5-10)9(13)12-7/h1-3H,4-5H2,(H,12,13). The second-order valence-corrected chi connectivity index (χ2v) is 4.11. The van der Waals surface area contributed by atoms with Gasteiger partial charge in [0.1, 0.15) is 0 Å². The molecular formula is C10H8ClNO. The molecule has 1 aliphatic heterocycles. The van der Waals surface area contributed by atoms with Gasteiger partial charge >= 0.3 is 0 Å². The summed E-state index contributed by atoms with van der Waals surface area (Å²) in [5.74, 6) is 0.121. The zero-order valence-corrected chi connectivity index (χ0v) is 7.69. The maximum Gasteiger partial charge on any atom is 0.235 e. The van der Waals surface area contributed by atoms with E-state index in [0.717, 1.165) is 24.1 Å². The Bertz CT molecular complexity index is 409. The Hall–Kier alpha value is -1.02. The molecule has 2 aliphatic rings. The van der Waals surface area contributed by atoms with Gasteiger partial charge in [-0.1, -0.05) is 17.7 Å². The maximum absolute atomic E-state index is 11.6. The van der Waals surface area contributed by atoms with Crippen molar-refractivity contribution in [2.24, 2.45) is 0 Å². The van der Waals surface area contributed by atoms with Gasteiger partial charge in [0.05, 0.1) is 5.41 Å². The minimum absolute atomic E-state index is 0.121. The van der Waals surface area contributed by atoms with E-state index in [1.54, 1.807) is 0 Å². The predicted octanol–water partition coefficient (Wildman–Crippen LogP) is 2.32. The Labute approximate surface area is 80.9 Å². The van der Waals surface area contributed by atoms with Crippen molar-refractivity contribution in [1.29, 1.82) is 0 Å². The van der Waals surface area contributed by atoms with Crippen LogP contribution in [0, 0.1) is 0 Å². The third-order valence-electron chi connectivity index (χ3n) is 2.93. The molecule has 1 aromatic rings. The van der Waals surface area contributed by atoms with Crippen LogP contribution in [0.1, 0.15) is 18.4 Å². The molecule has 1 N–H and O–H groups in total. The lowest BCUT2D eigenvalue weighted by Gasteiger charge is -2.05. The molecule has 0 saturated heterocycles. The van der Waals surface area contributed by atoms with E-state index < -0.39 is 0 Å². The first-order chi connectivity index (χ1) is 6.24. The zero-order chi connectivity index (χ0) is 9.05. The molecule has 1 amide bonds. The number of hydrogen-bond donors (Lipinski definition) is 1. The van der Waals surface area contributed by atoms with Crippen LogP contribution in [0.15, 0.2) is 18.2 Å². The molecule has 1 saturated carbocycles. The minimum atomic E-state index is -0.256. The summed E-state index contributed by atoms with van der Waals surface area (Å²) in [4.78, 5) is 11.6. The van der Waals surface area contributed by atoms with Gasteiger partial charge in [-0.25, -0.2) is 0 Å². The number of anilines is 1. The van der Waals surface area contributed by atoms with Gasteiger partial charge in [-0.2, -0.15) is 0 Å². The third kappa shape index (κ3) is 0.767. The molecule has 3 heteroatoms. The quantitative estimate of drug-likeness (QED) is 0.673. The molecule has 13 heavy (non-hydrogen) atoms. The molecule has 1 spiro atoms. The number of carbonyl (C=O) groups is 1. The summed E-state index contributed by atoms with van der Waals surface area (Å²) in [6, 6.07) is 5.62. The molecule has 66 valence electrons. The third-order valence-corrected chi connectivity index (χ3v) is 3.24. The summed E-state index contributed by atoms with van der Waals surface area (Å²) < 4.78 is 0. The zero-order valence-electron chi connectivity index (χ0n) is 6.93. The Morgan fingerprint density at radius 1 is 1.38 bits per heavy atom. The van der Waals surface area contributed by atoms with Crippen molar-refractivity contribution in [2.75, 3.05) is 5.32 Å². The lowest BCUT2D eigenvalue weighted by Crippen LogP contribution is -2.18. The van der Waals surface area contributed by atoms with Gasteiger partial charge in [-0.05, 0) is 25.0 Å². The van der Waals surface area contributed by atoms with E-state index in [4.69, 9.17) is 11.6 Å². The van der Waals surface area contributed by atoms with Crippen LogP contribution < -0.4 is 5.32 Å². The van der Waals surface area contributed by atoms with E-state index in [-0.39, 0.29) is 11.3 Å². The van der Waals surface area contributed by atoms with Crippen molar-refractivity contribution in [3.63, 3.8) is 0 Å². The predicted molar refractivity (Wildman–Crippen MR) is 51.0 cm³/mol. The molecule has 1 fully saturated rings. The first kappa shape index (κ1) is 7.39. The molecule has 3 rings (SSSR count). The van der Waals surface area contributed by atoms with Crippen LogP contribution >= 0.6 is 11.6 Å². The summed E-state index contributed by atoms with van der Waals surface area (Å²) in [5.41, 5.74) is 1.66. The van der Waals surface area contributed by atoms with E-state index >= 15 is 0 Å². The van der Waals surface area contributed by atoms with E-state index in [9.17, 15) is 4.79 Å². The van der Waals surface area contributed by atoms with Gasteiger partial charge < -0.3 is 5.32 Å². The van der Waals surface area contributed by atoms with Crippen LogP contribution in [0.25, 0.3) is 0 Å². The van der Waals surface area contributed by atoms with Gasteiger partial charge in [-0.3, -0.25) is 4.79 Å². The van der Waals surface area contributed by atoms with Gasteiger partial charge in [0, 0.05) is 16.3 Å². The monoisotopic (exact) mass is 193 g/mol. The highest BCUT2D eigenvalue weighted by molar-refractivity contribution is 6.33. The summed E-state index contributed by atoms with van der Waals surface area (Å²) >= 11 is 6.07. The number of nitrogens with one attached hydrogen (secondary N) is 1. The number of fused-ring (bicyclic) bond motifs is 2. The molecule has 1 aliphatic carbocycles. The smallest absolute Gasteiger partial charge is 0.235 e. The number of rotatable bonds is 0. The second kappa shape index (κ2) is 2.07. The Kier molecular flexibility index (Phi) is 1.18. The van der Waals surface area contributed by atoms with Crippen molar-refractivity contribution in [3.8, 4) is 0 Å². The Balaban J connectivity index is 2.30. The highest BCUT2D eigenvalue weighted by Gasteiger charge is 2.57. The van der Waals surface area contributed by atoms with Gasteiger partial charge in [0.2, 0.25) is 5.91 Å². The van der Waals surface area contributed by atoms with E-state index in [1.165, 1.54) is 0 Å². The van der Waals surface area contributed by atoms with E-state index in [1.807, 2.05) is 18.2 Å². The summed E-state index contributed by atoms with van der Waals surface area (Å²) in [7, 11) is 0. The number of hydrogen-bond acceptors (Lipinski definition) is 1. The minimum Gasteiger partial charge on any atom is -0.325 e. The SMILES string of the molecule is O=C1Nc2cccc(Cl)c2C12CC2. The fourth-order valence-corrected chi connectivity index (χ4v) is 2.43. The fourth-order valence-electron chi connectivity index (χ4n) is 2.07.